The zero-order chi connectivity index (χ0) is 69.8. The first-order valence-electron chi connectivity index (χ1n) is 35.1. The van der Waals surface area contributed by atoms with E-state index in [0.717, 1.165) is 174 Å². The topological polar surface area (TPSA) is 213 Å². The highest BCUT2D eigenvalue weighted by Crippen LogP contribution is 2.42. The molecule has 2 saturated heterocycles. The molecule has 15 nitrogen and oxygen atoms in total. The number of carbonyl (C=O) groups excluding carboxylic acids is 5. The van der Waals surface area contributed by atoms with Crippen LogP contribution in [0, 0.1) is 11.8 Å². The van der Waals surface area contributed by atoms with Crippen molar-refractivity contribution in [1.82, 2.24) is 4.98 Å². The number of pyridine rings is 1. The predicted octanol–water partition coefficient (Wildman–Crippen LogP) is 18.7. The fourth-order valence-corrected chi connectivity index (χ4v) is 16.9. The summed E-state index contributed by atoms with van der Waals surface area (Å²) in [5, 5.41) is 40.9. The molecule has 6 heterocycles. The summed E-state index contributed by atoms with van der Waals surface area (Å²) >= 11 is 23.0. The van der Waals surface area contributed by atoms with Crippen molar-refractivity contribution in [3.05, 3.63) is 153 Å². The number of halogens is 3. The second-order valence-electron chi connectivity index (χ2n) is 25.8. The third kappa shape index (κ3) is 25.7. The Morgan fingerprint density at radius 3 is 1.44 bits per heavy atom. The monoisotopic (exact) mass is 1460 g/mol. The van der Waals surface area contributed by atoms with Crippen LogP contribution in [0.3, 0.4) is 0 Å². The van der Waals surface area contributed by atoms with Crippen molar-refractivity contribution in [3.63, 3.8) is 0 Å². The van der Waals surface area contributed by atoms with Crippen LogP contribution >= 0.6 is 68.8 Å². The van der Waals surface area contributed by atoms with E-state index >= 15 is 0 Å². The molecule has 21 heteroatoms. The highest BCUT2D eigenvalue weighted by atomic mass is 35.5. The van der Waals surface area contributed by atoms with Crippen molar-refractivity contribution in [2.45, 2.75) is 244 Å². The van der Waals surface area contributed by atoms with Crippen LogP contribution in [0.2, 0.25) is 10.3 Å². The second-order valence-corrected chi connectivity index (χ2v) is 30.7. The van der Waals surface area contributed by atoms with Crippen LogP contribution in [0.4, 0.5) is 11.4 Å². The molecule has 9 rings (SSSR count). The molecule has 4 N–H and O–H groups in total. The van der Waals surface area contributed by atoms with E-state index in [1.807, 2.05) is 122 Å². The summed E-state index contributed by atoms with van der Waals surface area (Å²) in [7, 11) is 0. The number of thiophene rings is 3. The molecular formula is C77H104Cl3N3O12S3. The van der Waals surface area contributed by atoms with Crippen LogP contribution in [0.25, 0.3) is 0 Å². The number of anilines is 2. The minimum Gasteiger partial charge on any atom is -0.462 e. The Balaban J connectivity index is 0.000000231. The fourth-order valence-electron chi connectivity index (χ4n) is 13.0. The molecule has 0 radical (unpaired) electrons. The van der Waals surface area contributed by atoms with Crippen LogP contribution in [0.5, 0.6) is 0 Å². The zero-order valence-corrected chi connectivity index (χ0v) is 61.7. The lowest BCUT2D eigenvalue weighted by Gasteiger charge is -2.25. The zero-order valence-electron chi connectivity index (χ0n) is 57.0. The number of hydrogen-bond donors (Lipinski definition) is 4. The minimum absolute atomic E-state index is 0. The van der Waals surface area contributed by atoms with E-state index in [2.05, 4.69) is 18.8 Å². The van der Waals surface area contributed by atoms with Gasteiger partial charge in [-0.3, -0.25) is 9.59 Å². The molecule has 5 unspecified atom stereocenters. The van der Waals surface area contributed by atoms with Gasteiger partial charge < -0.3 is 44.4 Å². The normalized spacial score (nSPS) is 18.8. The molecule has 2 aromatic carbocycles. The van der Waals surface area contributed by atoms with Crippen molar-refractivity contribution in [2.75, 3.05) is 29.6 Å². The van der Waals surface area contributed by atoms with Gasteiger partial charge in [-0.1, -0.05) is 114 Å². The smallest absolute Gasteiger partial charge is 0.348 e. The molecule has 4 aromatic heterocycles. The van der Waals surface area contributed by atoms with E-state index in [-0.39, 0.29) is 85.9 Å². The highest BCUT2D eigenvalue weighted by Gasteiger charge is 2.41. The van der Waals surface area contributed by atoms with Gasteiger partial charge in [0.05, 0.1) is 37.6 Å². The first kappa shape index (κ1) is 81.7. The lowest BCUT2D eigenvalue weighted by atomic mass is 9.85. The van der Waals surface area contributed by atoms with Crippen LogP contribution in [-0.2, 0) is 49.5 Å². The first-order chi connectivity index (χ1) is 46.8. The number of ether oxygens (including phenoxy) is 3. The largest absolute Gasteiger partial charge is 0.462 e. The van der Waals surface area contributed by atoms with Crippen molar-refractivity contribution in [1.29, 1.82) is 0 Å². The molecule has 0 bridgehead atoms. The highest BCUT2D eigenvalue weighted by molar-refractivity contribution is 7.14. The number of carbonyl (C=O) groups is 5. The minimum atomic E-state index is -0.452. The summed E-state index contributed by atoms with van der Waals surface area (Å²) in [6, 6.07) is 31.1. The number of hydrogen-bond acceptors (Lipinski definition) is 16. The van der Waals surface area contributed by atoms with Crippen LogP contribution in [0.1, 0.15) is 249 Å². The number of alkyl halides is 1. The SMILES string of the molecule is C.CCCCCC(O)c1ccc(N2C(=O)CC[C@@H]2CCCc2ccc(C(=O)OC(C)C)s2)cc1.CCCCCC(O)c1ccc(N2C(=O)CC[C@@H]2CCCc2ccc(C(=O)OCCO)s2)cc1.CCCOC(=O)c1ccc(CCCC2C(Cl)CC(O)[C@@H]2CCc2cc(Cl)nc(Cl)c2)s1. The lowest BCUT2D eigenvalue weighted by molar-refractivity contribution is -0.118. The average Bonchev–Trinajstić information content (AvgIpc) is 1.68. The molecule has 6 aromatic rings. The molecule has 98 heavy (non-hydrogen) atoms. The number of rotatable bonds is 35. The van der Waals surface area contributed by atoms with Crippen molar-refractivity contribution >= 4 is 110 Å². The molecule has 3 aliphatic rings. The van der Waals surface area contributed by atoms with E-state index in [1.165, 1.54) is 43.8 Å². The number of nitrogens with zero attached hydrogens (tertiary/aromatic N) is 3. The van der Waals surface area contributed by atoms with Gasteiger partial charge in [0.15, 0.2) is 0 Å². The lowest BCUT2D eigenvalue weighted by Crippen LogP contribution is -2.32. The molecule has 1 aliphatic carbocycles. The van der Waals surface area contributed by atoms with Crippen molar-refractivity contribution in [3.8, 4) is 0 Å². The Bertz CT molecular complexity index is 3360. The number of esters is 3. The van der Waals surface area contributed by atoms with Gasteiger partial charge >= 0.3 is 17.9 Å². The summed E-state index contributed by atoms with van der Waals surface area (Å²) in [5.41, 5.74) is 4.67. The Kier molecular flexibility index (Phi) is 35.8. The van der Waals surface area contributed by atoms with E-state index in [1.54, 1.807) is 6.07 Å². The maximum Gasteiger partial charge on any atom is 0.348 e. The summed E-state index contributed by atoms with van der Waals surface area (Å²) in [6.45, 7) is 10.3. The van der Waals surface area contributed by atoms with Gasteiger partial charge in [-0.2, -0.15) is 0 Å². The van der Waals surface area contributed by atoms with Gasteiger partial charge in [0.25, 0.3) is 0 Å². The molecule has 1 saturated carbocycles. The standard InChI is InChI=1S/C27H37NO4S.C26H35NO5S.C23H28Cl3NO3S.CH4/c1-4-5-6-10-24(29)20-11-13-22(14-12-20)28-21(15-18-26(28)30)8-7-9-23-16-17-25(33-23)27(31)32-19(2)3;1-2-3-4-8-23(29)19-9-11-21(12-10-19)27-20(13-16-25(27)30)6-5-7-22-14-15-24(33-22)26(31)32-18-17-28;1-2-10-30-23(29)20-9-7-15(31-20)4-3-5-16-17(19(28)13-18(16)24)8-6-14-11-21(25)27-22(26)12-14;/h11-14,16-17,19,21,24,29H,4-10,15,18H2,1-3H3;9-12,14-15,20,23,28-29H,2-8,13,16-18H2,1H3;7,9,11-12,16-19,28H,2-6,8,10,13H2,1H3;1H4/t21-,24?;20-,23?;16?,17-,18?,19?;/m001./s1. The fraction of sp³-hybridized carbons (Fsp3) is 0.558. The molecule has 0 spiro atoms. The van der Waals surface area contributed by atoms with Crippen LogP contribution in [-0.4, -0.2) is 105 Å². The second kappa shape index (κ2) is 42.9. The van der Waals surface area contributed by atoms with E-state index in [4.69, 9.17) is 54.1 Å². The third-order valence-corrected chi connectivity index (χ3v) is 22.3. The molecular weight excluding hydrogens is 1360 g/mol. The number of unbranched alkanes of at least 4 members (excludes halogenated alkanes) is 4. The average molecular weight is 1470 g/mol. The number of amides is 2. The van der Waals surface area contributed by atoms with E-state index in [9.17, 15) is 39.3 Å². The Labute approximate surface area is 608 Å². The number of aromatic nitrogens is 1. The number of aliphatic hydroxyl groups excluding tert-OH is 4. The van der Waals surface area contributed by atoms with Gasteiger partial charge in [0, 0.05) is 56.3 Å². The van der Waals surface area contributed by atoms with Gasteiger partial charge in [0.2, 0.25) is 11.8 Å². The Morgan fingerprint density at radius 2 is 1.01 bits per heavy atom. The summed E-state index contributed by atoms with van der Waals surface area (Å²) in [4.78, 5) is 74.2. The number of aliphatic hydroxyl groups is 4. The quantitative estimate of drug-likeness (QED) is 0.00960. The van der Waals surface area contributed by atoms with Crippen molar-refractivity contribution in [2.24, 2.45) is 11.8 Å². The first-order valence-corrected chi connectivity index (χ1v) is 38.7. The summed E-state index contributed by atoms with van der Waals surface area (Å²) in [5.74, 6) is -0.157. The number of benzene rings is 2. The summed E-state index contributed by atoms with van der Waals surface area (Å²) in [6.07, 6.45) is 20.9. The maximum absolute atomic E-state index is 12.6. The van der Waals surface area contributed by atoms with E-state index in [0.29, 0.717) is 50.8 Å². The molecule has 2 aliphatic heterocycles. The van der Waals surface area contributed by atoms with Crippen LogP contribution in [0.15, 0.2) is 97.1 Å². The maximum atomic E-state index is 12.6. The molecule has 8 atom stereocenters. The summed E-state index contributed by atoms with van der Waals surface area (Å²) < 4.78 is 15.4. The third-order valence-electron chi connectivity index (χ3n) is 18.1. The van der Waals surface area contributed by atoms with E-state index < -0.39 is 18.2 Å². The van der Waals surface area contributed by atoms with Crippen LogP contribution < -0.4 is 9.80 Å². The molecule has 538 valence electrons. The Hall–Kier alpha value is -5.25. The molecule has 2 amide bonds. The number of aryl methyl sites for hydroxylation is 4. The van der Waals surface area contributed by atoms with Gasteiger partial charge in [-0.05, 0) is 224 Å². The predicted molar refractivity (Wildman–Crippen MR) is 399 cm³/mol. The van der Waals surface area contributed by atoms with Crippen molar-refractivity contribution < 1.29 is 58.6 Å². The van der Waals surface area contributed by atoms with Gasteiger partial charge in [-0.25, -0.2) is 19.4 Å². The van der Waals surface area contributed by atoms with Gasteiger partial charge in [-0.15, -0.1) is 45.6 Å². The van der Waals surface area contributed by atoms with Gasteiger partial charge in [0.1, 0.15) is 31.5 Å². The Morgan fingerprint density at radius 1 is 0.571 bits per heavy atom. The molecule has 3 fully saturated rings.